The maximum Gasteiger partial charge on any atom is 0.152 e. The Morgan fingerprint density at radius 2 is 1.90 bits per heavy atom. The van der Waals surface area contributed by atoms with E-state index in [0.29, 0.717) is 5.92 Å². The van der Waals surface area contributed by atoms with Crippen molar-refractivity contribution < 1.29 is 9.00 Å². The molecule has 0 aromatic heterocycles. The quantitative estimate of drug-likeness (QED) is 0.823. The van der Waals surface area contributed by atoms with Gasteiger partial charge >= 0.3 is 0 Å². The molecule has 2 nitrogen and oxygen atoms in total. The van der Waals surface area contributed by atoms with Gasteiger partial charge in [-0.2, -0.15) is 0 Å². The first-order valence-electron chi connectivity index (χ1n) is 7.64. The van der Waals surface area contributed by atoms with Gasteiger partial charge in [-0.15, -0.1) is 0 Å². The predicted molar refractivity (Wildman–Crippen MR) is 83.1 cm³/mol. The van der Waals surface area contributed by atoms with Gasteiger partial charge in [0.05, 0.1) is 16.0 Å². The molecule has 4 atom stereocenters. The largest absolute Gasteiger partial charge is 0.298 e. The maximum absolute atomic E-state index is 12.7. The van der Waals surface area contributed by atoms with Gasteiger partial charge in [-0.25, -0.2) is 0 Å². The molecule has 20 heavy (non-hydrogen) atoms. The SMILES string of the molecule is CCCCC1C(=O)C(S(=O)c2ccccc2)CCC1C. The predicted octanol–water partition coefficient (Wildman–Crippen LogP) is 3.97. The van der Waals surface area contributed by atoms with Gasteiger partial charge in [0.2, 0.25) is 0 Å². The highest BCUT2D eigenvalue weighted by atomic mass is 32.2. The average Bonchev–Trinajstić information content (AvgIpc) is 2.47. The molecule has 1 fully saturated rings. The first-order valence-corrected chi connectivity index (χ1v) is 8.85. The third-order valence-electron chi connectivity index (χ3n) is 4.36. The van der Waals surface area contributed by atoms with Crippen LogP contribution in [0.3, 0.4) is 0 Å². The summed E-state index contributed by atoms with van der Waals surface area (Å²) >= 11 is 0. The molecule has 1 aromatic rings. The van der Waals surface area contributed by atoms with Crippen LogP contribution in [0, 0.1) is 11.8 Å². The second-order valence-electron chi connectivity index (χ2n) is 5.80. The molecule has 0 N–H and O–H groups in total. The molecule has 4 unspecified atom stereocenters. The summed E-state index contributed by atoms with van der Waals surface area (Å²) in [5.74, 6) is 0.791. The van der Waals surface area contributed by atoms with Crippen molar-refractivity contribution in [1.82, 2.24) is 0 Å². The van der Waals surface area contributed by atoms with Crippen LogP contribution >= 0.6 is 0 Å². The Kier molecular flexibility index (Phi) is 5.53. The number of benzene rings is 1. The fourth-order valence-electron chi connectivity index (χ4n) is 3.06. The van der Waals surface area contributed by atoms with E-state index in [2.05, 4.69) is 13.8 Å². The van der Waals surface area contributed by atoms with E-state index < -0.39 is 10.8 Å². The second-order valence-corrected chi connectivity index (χ2v) is 7.44. The summed E-state index contributed by atoms with van der Waals surface area (Å²) in [4.78, 5) is 13.5. The number of unbranched alkanes of at least 4 members (excludes halogenated alkanes) is 1. The number of rotatable bonds is 5. The highest BCUT2D eigenvalue weighted by Crippen LogP contribution is 2.34. The number of ketones is 1. The van der Waals surface area contributed by atoms with E-state index >= 15 is 0 Å². The zero-order chi connectivity index (χ0) is 14.5. The van der Waals surface area contributed by atoms with E-state index in [0.717, 1.165) is 37.0 Å². The minimum absolute atomic E-state index is 0.112. The molecule has 0 saturated heterocycles. The Labute approximate surface area is 124 Å². The van der Waals surface area contributed by atoms with E-state index in [9.17, 15) is 9.00 Å². The standard InChI is InChI=1S/C17H24O2S/c1-3-4-10-15-13(2)11-12-16(17(15)18)20(19)14-8-6-5-7-9-14/h5-9,13,15-16H,3-4,10-12H2,1-2H3. The smallest absolute Gasteiger partial charge is 0.152 e. The van der Waals surface area contributed by atoms with Gasteiger partial charge in [0, 0.05) is 10.8 Å². The molecule has 1 aliphatic rings. The molecule has 1 saturated carbocycles. The fraction of sp³-hybridized carbons (Fsp3) is 0.588. The topological polar surface area (TPSA) is 34.1 Å². The number of carbonyl (C=O) groups excluding carboxylic acids is 1. The Hall–Kier alpha value is -0.960. The van der Waals surface area contributed by atoms with Gasteiger partial charge in [0.15, 0.2) is 5.78 Å². The van der Waals surface area contributed by atoms with Crippen molar-refractivity contribution in [2.75, 3.05) is 0 Å². The highest BCUT2D eigenvalue weighted by molar-refractivity contribution is 7.86. The molecule has 0 bridgehead atoms. The summed E-state index contributed by atoms with van der Waals surface area (Å²) in [5.41, 5.74) is 0. The normalized spacial score (nSPS) is 28.3. The lowest BCUT2D eigenvalue weighted by Crippen LogP contribution is -2.40. The van der Waals surface area contributed by atoms with Gasteiger partial charge in [-0.05, 0) is 37.3 Å². The van der Waals surface area contributed by atoms with Gasteiger partial charge < -0.3 is 0 Å². The minimum Gasteiger partial charge on any atom is -0.298 e. The third kappa shape index (κ3) is 3.38. The number of Topliss-reactive ketones (excluding diaryl/α,β-unsaturated/α-hetero) is 1. The fourth-order valence-corrected chi connectivity index (χ4v) is 4.55. The average molecular weight is 292 g/mol. The van der Waals surface area contributed by atoms with Gasteiger partial charge in [-0.3, -0.25) is 9.00 Å². The Morgan fingerprint density at radius 3 is 2.55 bits per heavy atom. The third-order valence-corrected chi connectivity index (χ3v) is 6.08. The van der Waals surface area contributed by atoms with Crippen LogP contribution < -0.4 is 0 Å². The molecule has 0 radical (unpaired) electrons. The molecule has 0 amide bonds. The Balaban J connectivity index is 2.12. The molecule has 0 heterocycles. The molecule has 110 valence electrons. The molecule has 0 spiro atoms. The molecule has 1 aliphatic carbocycles. The van der Waals surface area contributed by atoms with Gasteiger partial charge in [0.25, 0.3) is 0 Å². The van der Waals surface area contributed by atoms with Crippen LogP contribution in [0.4, 0.5) is 0 Å². The molecule has 0 aliphatic heterocycles. The van der Waals surface area contributed by atoms with E-state index in [1.54, 1.807) is 0 Å². The minimum atomic E-state index is -1.19. The Morgan fingerprint density at radius 1 is 1.20 bits per heavy atom. The monoisotopic (exact) mass is 292 g/mol. The van der Waals surface area contributed by atoms with Crippen LogP contribution in [0.15, 0.2) is 35.2 Å². The number of hydrogen-bond donors (Lipinski definition) is 0. The van der Waals surface area contributed by atoms with Gasteiger partial charge in [0.1, 0.15) is 0 Å². The summed E-state index contributed by atoms with van der Waals surface area (Å²) in [6.45, 7) is 4.32. The Bertz CT molecular complexity index is 469. The summed E-state index contributed by atoms with van der Waals surface area (Å²) in [5, 5.41) is -0.296. The van der Waals surface area contributed by atoms with Crippen molar-refractivity contribution in [3.8, 4) is 0 Å². The van der Waals surface area contributed by atoms with Crippen molar-refractivity contribution in [1.29, 1.82) is 0 Å². The van der Waals surface area contributed by atoms with E-state index in [1.807, 2.05) is 30.3 Å². The molecule has 1 aromatic carbocycles. The van der Waals surface area contributed by atoms with Crippen LogP contribution in [0.1, 0.15) is 46.0 Å². The van der Waals surface area contributed by atoms with E-state index in [-0.39, 0.29) is 17.0 Å². The summed E-state index contributed by atoms with van der Waals surface area (Å²) < 4.78 is 12.6. The van der Waals surface area contributed by atoms with Crippen molar-refractivity contribution >= 4 is 16.6 Å². The first kappa shape index (κ1) is 15.4. The van der Waals surface area contributed by atoms with Crippen molar-refractivity contribution in [2.24, 2.45) is 11.8 Å². The van der Waals surface area contributed by atoms with Gasteiger partial charge in [-0.1, -0.05) is 44.9 Å². The lowest BCUT2D eigenvalue weighted by molar-refractivity contribution is -0.126. The van der Waals surface area contributed by atoms with E-state index in [4.69, 9.17) is 0 Å². The van der Waals surface area contributed by atoms with Crippen LogP contribution in [0.2, 0.25) is 0 Å². The van der Waals surface area contributed by atoms with E-state index in [1.165, 1.54) is 0 Å². The lowest BCUT2D eigenvalue weighted by atomic mass is 9.76. The number of carbonyl (C=O) groups is 1. The van der Waals surface area contributed by atoms with Crippen molar-refractivity contribution in [3.63, 3.8) is 0 Å². The maximum atomic E-state index is 12.7. The van der Waals surface area contributed by atoms with Crippen molar-refractivity contribution in [2.45, 2.75) is 56.1 Å². The van der Waals surface area contributed by atoms with Crippen LogP contribution in [0.25, 0.3) is 0 Å². The highest BCUT2D eigenvalue weighted by Gasteiger charge is 2.38. The molecule has 3 heteroatoms. The summed E-state index contributed by atoms with van der Waals surface area (Å²) in [7, 11) is -1.19. The van der Waals surface area contributed by atoms with Crippen LogP contribution in [0.5, 0.6) is 0 Å². The lowest BCUT2D eigenvalue weighted by Gasteiger charge is -2.32. The van der Waals surface area contributed by atoms with Crippen molar-refractivity contribution in [3.05, 3.63) is 30.3 Å². The summed E-state index contributed by atoms with van der Waals surface area (Å²) in [6, 6.07) is 9.41. The summed E-state index contributed by atoms with van der Waals surface area (Å²) in [6.07, 6.45) is 4.95. The molecule has 2 rings (SSSR count). The number of hydrogen-bond acceptors (Lipinski definition) is 2. The second kappa shape index (κ2) is 7.16. The zero-order valence-electron chi connectivity index (χ0n) is 12.4. The molecular formula is C17H24O2S. The van der Waals surface area contributed by atoms with Crippen LogP contribution in [-0.4, -0.2) is 15.2 Å². The zero-order valence-corrected chi connectivity index (χ0v) is 13.2. The first-order chi connectivity index (χ1) is 9.65. The van der Waals surface area contributed by atoms with Crippen LogP contribution in [-0.2, 0) is 15.6 Å². The molecular weight excluding hydrogens is 268 g/mol.